The van der Waals surface area contributed by atoms with Crippen LogP contribution < -0.4 is 4.74 Å². The van der Waals surface area contributed by atoms with Crippen molar-refractivity contribution in [3.63, 3.8) is 0 Å². The van der Waals surface area contributed by atoms with Crippen LogP contribution in [0.25, 0.3) is 0 Å². The van der Waals surface area contributed by atoms with Crippen molar-refractivity contribution in [2.45, 2.75) is 31.9 Å². The quantitative estimate of drug-likeness (QED) is 0.704. The maximum atomic E-state index is 12.6. The molecule has 4 rings (SSSR count). The van der Waals surface area contributed by atoms with E-state index in [0.29, 0.717) is 39.0 Å². The van der Waals surface area contributed by atoms with Crippen molar-refractivity contribution in [2.75, 3.05) is 19.7 Å². The van der Waals surface area contributed by atoms with Crippen LogP contribution in [-0.2, 0) is 27.4 Å². The molecule has 0 aromatic heterocycles. The fourth-order valence-corrected chi connectivity index (χ4v) is 3.80. The van der Waals surface area contributed by atoms with E-state index in [1.54, 1.807) is 4.90 Å². The normalized spacial score (nSPS) is 18.6. The van der Waals surface area contributed by atoms with Gasteiger partial charge in [0.25, 0.3) is 5.91 Å². The first kappa shape index (κ1) is 19.9. The maximum Gasteiger partial charge on any atom is 0.417 e. The Bertz CT molecular complexity index is 897. The molecule has 2 heterocycles. The summed E-state index contributed by atoms with van der Waals surface area (Å²) in [5.74, 6) is 0.495. The van der Waals surface area contributed by atoms with Gasteiger partial charge in [-0.25, -0.2) is 9.69 Å². The number of likely N-dealkylation sites (tertiary alicyclic amines) is 1. The van der Waals surface area contributed by atoms with E-state index in [2.05, 4.69) is 0 Å². The lowest BCUT2D eigenvalue weighted by atomic mass is 10.1. The molecule has 2 fully saturated rings. The lowest BCUT2D eigenvalue weighted by molar-refractivity contribution is -0.131. The van der Waals surface area contributed by atoms with Crippen molar-refractivity contribution in [3.05, 3.63) is 65.7 Å². The average Bonchev–Trinajstić information content (AvgIpc) is 3.38. The lowest BCUT2D eigenvalue weighted by Crippen LogP contribution is -2.42. The molecule has 2 aromatic carbocycles. The number of carbonyl (C=O) groups excluding carboxylic acids is 3. The zero-order valence-corrected chi connectivity index (χ0v) is 16.7. The van der Waals surface area contributed by atoms with Gasteiger partial charge in [0.15, 0.2) is 6.61 Å². The second-order valence-corrected chi connectivity index (χ2v) is 7.52. The van der Waals surface area contributed by atoms with Crippen LogP contribution in [0, 0.1) is 0 Å². The van der Waals surface area contributed by atoms with E-state index in [4.69, 9.17) is 9.47 Å². The summed E-state index contributed by atoms with van der Waals surface area (Å²) < 4.78 is 10.6. The molecule has 2 saturated heterocycles. The molecule has 156 valence electrons. The van der Waals surface area contributed by atoms with Crippen molar-refractivity contribution in [3.8, 4) is 5.75 Å². The Morgan fingerprint density at radius 2 is 1.80 bits per heavy atom. The maximum absolute atomic E-state index is 12.6. The number of aryl methyl sites for hydroxylation is 1. The van der Waals surface area contributed by atoms with Crippen LogP contribution in [-0.4, -0.2) is 53.4 Å². The summed E-state index contributed by atoms with van der Waals surface area (Å²) in [6, 6.07) is 17.5. The second kappa shape index (κ2) is 8.98. The van der Waals surface area contributed by atoms with Crippen LogP contribution in [0.2, 0.25) is 0 Å². The van der Waals surface area contributed by atoms with E-state index in [1.165, 1.54) is 0 Å². The zero-order valence-electron chi connectivity index (χ0n) is 16.7. The smallest absolute Gasteiger partial charge is 0.417 e. The zero-order chi connectivity index (χ0) is 20.9. The summed E-state index contributed by atoms with van der Waals surface area (Å²) in [6.07, 6.45) is 1.01. The predicted octanol–water partition coefficient (Wildman–Crippen LogP) is 2.78. The Morgan fingerprint density at radius 1 is 1.03 bits per heavy atom. The number of cyclic esters (lactones) is 1. The second-order valence-electron chi connectivity index (χ2n) is 7.52. The van der Waals surface area contributed by atoms with Crippen LogP contribution in [0.5, 0.6) is 5.75 Å². The highest BCUT2D eigenvalue weighted by atomic mass is 16.6. The molecular weight excluding hydrogens is 384 g/mol. The molecule has 7 heteroatoms. The largest absolute Gasteiger partial charge is 0.489 e. The van der Waals surface area contributed by atoms with E-state index in [-0.39, 0.29) is 24.5 Å². The fourth-order valence-electron chi connectivity index (χ4n) is 3.80. The monoisotopic (exact) mass is 408 g/mol. The summed E-state index contributed by atoms with van der Waals surface area (Å²) in [7, 11) is 0. The molecule has 3 amide bonds. The van der Waals surface area contributed by atoms with Crippen LogP contribution in [0.15, 0.2) is 54.6 Å². The molecule has 0 aliphatic carbocycles. The van der Waals surface area contributed by atoms with Crippen LogP contribution >= 0.6 is 0 Å². The molecule has 1 atom stereocenters. The highest BCUT2D eigenvalue weighted by Gasteiger charge is 2.41. The highest BCUT2D eigenvalue weighted by Crippen LogP contribution is 2.21. The summed E-state index contributed by atoms with van der Waals surface area (Å²) in [5.41, 5.74) is 2.17. The van der Waals surface area contributed by atoms with Gasteiger partial charge in [0.1, 0.15) is 12.4 Å². The number of hydrogen-bond acceptors (Lipinski definition) is 5. The van der Waals surface area contributed by atoms with E-state index in [1.807, 2.05) is 54.6 Å². The SMILES string of the molecule is O=C(CCc1ccc(OCc2ccccc2)cc1)N1CCC(N2C(=O)COC2=O)C1. The van der Waals surface area contributed by atoms with Gasteiger partial charge in [-0.3, -0.25) is 9.59 Å². The lowest BCUT2D eigenvalue weighted by Gasteiger charge is -2.20. The molecule has 1 unspecified atom stereocenters. The van der Waals surface area contributed by atoms with Gasteiger partial charge in [-0.05, 0) is 36.1 Å². The van der Waals surface area contributed by atoms with Gasteiger partial charge < -0.3 is 14.4 Å². The van der Waals surface area contributed by atoms with Crippen molar-refractivity contribution in [2.24, 2.45) is 0 Å². The molecule has 0 spiro atoms. The first-order valence-corrected chi connectivity index (χ1v) is 10.1. The van der Waals surface area contributed by atoms with Crippen molar-refractivity contribution in [1.29, 1.82) is 0 Å². The third kappa shape index (κ3) is 4.62. The van der Waals surface area contributed by atoms with Gasteiger partial charge in [0.05, 0.1) is 6.04 Å². The Labute approximate surface area is 175 Å². The molecule has 2 aliphatic rings. The van der Waals surface area contributed by atoms with Crippen LogP contribution in [0.4, 0.5) is 4.79 Å². The third-order valence-electron chi connectivity index (χ3n) is 5.46. The first-order chi connectivity index (χ1) is 14.6. The Morgan fingerprint density at radius 3 is 2.50 bits per heavy atom. The van der Waals surface area contributed by atoms with Gasteiger partial charge in [0.2, 0.25) is 5.91 Å². The molecule has 0 N–H and O–H groups in total. The van der Waals surface area contributed by atoms with E-state index in [9.17, 15) is 14.4 Å². The highest BCUT2D eigenvalue weighted by molar-refractivity contribution is 5.98. The van der Waals surface area contributed by atoms with Crippen molar-refractivity contribution in [1.82, 2.24) is 9.80 Å². The Hall–Kier alpha value is -3.35. The number of amides is 3. The van der Waals surface area contributed by atoms with E-state index in [0.717, 1.165) is 21.8 Å². The number of rotatable bonds is 7. The van der Waals surface area contributed by atoms with E-state index >= 15 is 0 Å². The number of hydrogen-bond donors (Lipinski definition) is 0. The van der Waals surface area contributed by atoms with Gasteiger partial charge in [-0.2, -0.15) is 0 Å². The minimum absolute atomic E-state index is 0.0296. The number of carbonyl (C=O) groups is 3. The molecule has 2 aliphatic heterocycles. The standard InChI is InChI=1S/C23H24N2O5/c26-21(24-13-12-19(14-24)25-22(27)16-30-23(25)28)11-8-17-6-9-20(10-7-17)29-15-18-4-2-1-3-5-18/h1-7,9-10,19H,8,11-16H2. The van der Waals surface area contributed by atoms with Crippen LogP contribution in [0.3, 0.4) is 0 Å². The minimum Gasteiger partial charge on any atom is -0.489 e. The topological polar surface area (TPSA) is 76.2 Å². The average molecular weight is 408 g/mol. The molecule has 0 saturated carbocycles. The summed E-state index contributed by atoms with van der Waals surface area (Å²) in [5, 5.41) is 0. The minimum atomic E-state index is -0.603. The summed E-state index contributed by atoms with van der Waals surface area (Å²) in [6.45, 7) is 1.25. The first-order valence-electron chi connectivity index (χ1n) is 10.1. The molecule has 7 nitrogen and oxygen atoms in total. The van der Waals surface area contributed by atoms with Gasteiger partial charge in [-0.1, -0.05) is 42.5 Å². The van der Waals surface area contributed by atoms with Gasteiger partial charge in [0, 0.05) is 19.5 Å². The Balaban J connectivity index is 1.23. The van der Waals surface area contributed by atoms with Crippen LogP contribution in [0.1, 0.15) is 24.0 Å². The third-order valence-corrected chi connectivity index (χ3v) is 5.46. The van der Waals surface area contributed by atoms with Crippen molar-refractivity contribution >= 4 is 17.9 Å². The Kier molecular flexibility index (Phi) is 5.97. The van der Waals surface area contributed by atoms with E-state index < -0.39 is 6.09 Å². The fraction of sp³-hybridized carbons (Fsp3) is 0.348. The molecule has 0 bridgehead atoms. The summed E-state index contributed by atoms with van der Waals surface area (Å²) >= 11 is 0. The molecule has 2 aromatic rings. The van der Waals surface area contributed by atoms with Crippen molar-refractivity contribution < 1.29 is 23.9 Å². The summed E-state index contributed by atoms with van der Waals surface area (Å²) in [4.78, 5) is 38.9. The van der Waals surface area contributed by atoms with Gasteiger partial charge in [-0.15, -0.1) is 0 Å². The molecule has 30 heavy (non-hydrogen) atoms. The number of imide groups is 1. The molecular formula is C23H24N2O5. The number of ether oxygens (including phenoxy) is 2. The number of benzene rings is 2. The molecule has 0 radical (unpaired) electrons. The number of nitrogens with zero attached hydrogens (tertiary/aromatic N) is 2. The predicted molar refractivity (Wildman–Crippen MR) is 109 cm³/mol. The van der Waals surface area contributed by atoms with Gasteiger partial charge >= 0.3 is 6.09 Å².